The summed E-state index contributed by atoms with van der Waals surface area (Å²) in [5, 5.41) is 0. The summed E-state index contributed by atoms with van der Waals surface area (Å²) in [6.45, 7) is 15.1. The summed E-state index contributed by atoms with van der Waals surface area (Å²) in [4.78, 5) is 12.2. The van der Waals surface area contributed by atoms with E-state index in [0.29, 0.717) is 32.7 Å². The number of aryl methyl sites for hydroxylation is 1. The molecule has 1 aromatic rings. The van der Waals surface area contributed by atoms with Crippen LogP contribution in [0.4, 0.5) is 0 Å². The fourth-order valence-corrected chi connectivity index (χ4v) is 5.71. The molecule has 0 N–H and O–H groups in total. The normalized spacial score (nSPS) is 20.3. The number of hydrogen-bond donors (Lipinski definition) is 0. The molecule has 0 spiro atoms. The smallest absolute Gasteiger partial charge is 0.397 e. The van der Waals surface area contributed by atoms with Crippen LogP contribution in [0.1, 0.15) is 123 Å². The van der Waals surface area contributed by atoms with E-state index in [9.17, 15) is 4.79 Å². The summed E-state index contributed by atoms with van der Waals surface area (Å²) in [6, 6.07) is 6.21. The van der Waals surface area contributed by atoms with Crippen LogP contribution in [-0.4, -0.2) is 25.8 Å². The van der Waals surface area contributed by atoms with E-state index in [4.69, 9.17) is 18.3 Å². The van der Waals surface area contributed by atoms with Crippen LogP contribution < -0.4 is 4.52 Å². The Hall–Kier alpha value is -1.16. The number of benzene rings is 1. The van der Waals surface area contributed by atoms with Crippen molar-refractivity contribution in [1.29, 1.82) is 0 Å². The Morgan fingerprint density at radius 1 is 0.972 bits per heavy atom. The molecule has 0 atom stereocenters. The van der Waals surface area contributed by atoms with Gasteiger partial charge in [0.1, 0.15) is 5.75 Å². The number of ether oxygens (including phenoxy) is 1. The van der Waals surface area contributed by atoms with Crippen LogP contribution in [0.3, 0.4) is 0 Å². The Kier molecular flexibility index (Phi) is 13.8. The molecule has 1 aliphatic heterocycles. The molecular weight excluding hydrogens is 471 g/mol. The molecule has 0 aromatic heterocycles. The highest BCUT2D eigenvalue weighted by Gasteiger charge is 2.37. The van der Waals surface area contributed by atoms with Crippen molar-refractivity contribution in [2.75, 3.05) is 19.8 Å². The fourth-order valence-electron chi connectivity index (χ4n) is 4.45. The van der Waals surface area contributed by atoms with E-state index in [1.165, 1.54) is 38.5 Å². The maximum Gasteiger partial charge on any atom is 0.397 e. The van der Waals surface area contributed by atoms with E-state index in [0.717, 1.165) is 42.6 Å². The van der Waals surface area contributed by atoms with Gasteiger partial charge in [-0.2, -0.15) is 0 Å². The molecule has 36 heavy (non-hydrogen) atoms. The first-order chi connectivity index (χ1) is 17.2. The SMILES string of the molecule is CCCCCCCCOC(=O)CCc1ccc(OP2OCC(CC)(CCCC)CO2)c(C(C)(C)C)c1. The van der Waals surface area contributed by atoms with Gasteiger partial charge in [-0.15, -0.1) is 0 Å². The zero-order valence-corrected chi connectivity index (χ0v) is 24.7. The van der Waals surface area contributed by atoms with Crippen LogP contribution in [0.25, 0.3) is 0 Å². The van der Waals surface area contributed by atoms with Gasteiger partial charge in [0.25, 0.3) is 0 Å². The molecule has 1 aromatic carbocycles. The van der Waals surface area contributed by atoms with Crippen molar-refractivity contribution in [2.45, 2.75) is 124 Å². The van der Waals surface area contributed by atoms with Gasteiger partial charge < -0.3 is 18.3 Å². The summed E-state index contributed by atoms with van der Waals surface area (Å²) in [6.07, 6.45) is 12.8. The van der Waals surface area contributed by atoms with Crippen LogP contribution in [0.5, 0.6) is 5.75 Å². The van der Waals surface area contributed by atoms with E-state index in [-0.39, 0.29) is 16.8 Å². The molecule has 2 rings (SSSR count). The molecule has 0 unspecified atom stereocenters. The van der Waals surface area contributed by atoms with Gasteiger partial charge in [-0.05, 0) is 42.7 Å². The second kappa shape index (κ2) is 15.9. The molecule has 1 aliphatic rings. The quantitative estimate of drug-likeness (QED) is 0.123. The van der Waals surface area contributed by atoms with Crippen LogP contribution in [0.2, 0.25) is 0 Å². The van der Waals surface area contributed by atoms with Crippen molar-refractivity contribution in [2.24, 2.45) is 5.41 Å². The Morgan fingerprint density at radius 3 is 2.28 bits per heavy atom. The number of carbonyl (C=O) groups excluding carboxylic acids is 1. The highest BCUT2D eigenvalue weighted by Crippen LogP contribution is 2.51. The monoisotopic (exact) mass is 522 g/mol. The molecule has 1 heterocycles. The number of unbranched alkanes of at least 4 members (excludes halogenated alkanes) is 6. The number of carbonyl (C=O) groups is 1. The van der Waals surface area contributed by atoms with Crippen molar-refractivity contribution >= 4 is 14.6 Å². The zero-order chi connectivity index (χ0) is 26.4. The largest absolute Gasteiger partial charge is 0.466 e. The Labute approximate surface area is 222 Å². The first-order valence-corrected chi connectivity index (χ1v) is 15.4. The maximum atomic E-state index is 12.2. The molecular formula is C30H51O5P. The van der Waals surface area contributed by atoms with Crippen molar-refractivity contribution in [3.8, 4) is 5.75 Å². The average molecular weight is 523 g/mol. The van der Waals surface area contributed by atoms with E-state index in [1.807, 2.05) is 12.1 Å². The van der Waals surface area contributed by atoms with E-state index in [1.54, 1.807) is 0 Å². The Bertz CT molecular complexity index is 765. The molecule has 1 fully saturated rings. The fraction of sp³-hybridized carbons (Fsp3) is 0.767. The average Bonchev–Trinajstić information content (AvgIpc) is 2.86. The third-order valence-corrected chi connectivity index (χ3v) is 8.19. The maximum absolute atomic E-state index is 12.2. The van der Waals surface area contributed by atoms with Crippen LogP contribution >= 0.6 is 8.60 Å². The highest BCUT2D eigenvalue weighted by atomic mass is 31.2. The van der Waals surface area contributed by atoms with Gasteiger partial charge >= 0.3 is 14.6 Å². The van der Waals surface area contributed by atoms with Crippen LogP contribution in [0, 0.1) is 5.41 Å². The molecule has 6 heteroatoms. The lowest BCUT2D eigenvalue weighted by Crippen LogP contribution is -2.34. The van der Waals surface area contributed by atoms with E-state index >= 15 is 0 Å². The molecule has 0 bridgehead atoms. The minimum atomic E-state index is -1.41. The standard InChI is InChI=1S/C30H51O5P/c1-7-10-12-13-14-15-21-32-28(31)19-17-25-16-18-27(26(22-25)29(4,5)6)35-36-33-23-30(9-3,24-34-36)20-11-8-2/h16,18,22H,7-15,17,19-21,23-24H2,1-6H3. The number of rotatable bonds is 16. The first kappa shape index (κ1) is 31.1. The molecule has 0 aliphatic carbocycles. The van der Waals surface area contributed by atoms with Gasteiger partial charge in [-0.1, -0.05) is 98.6 Å². The summed E-state index contributed by atoms with van der Waals surface area (Å²) in [5.41, 5.74) is 2.22. The Morgan fingerprint density at radius 2 is 1.64 bits per heavy atom. The van der Waals surface area contributed by atoms with Gasteiger partial charge in [-0.25, -0.2) is 0 Å². The lowest BCUT2D eigenvalue weighted by molar-refractivity contribution is -0.143. The summed E-state index contributed by atoms with van der Waals surface area (Å²) >= 11 is 0. The first-order valence-electron chi connectivity index (χ1n) is 14.3. The minimum Gasteiger partial charge on any atom is -0.466 e. The zero-order valence-electron chi connectivity index (χ0n) is 23.8. The number of hydrogen-bond acceptors (Lipinski definition) is 5. The molecule has 5 nitrogen and oxygen atoms in total. The molecule has 206 valence electrons. The molecule has 0 amide bonds. The van der Waals surface area contributed by atoms with Crippen molar-refractivity contribution < 1.29 is 23.1 Å². The van der Waals surface area contributed by atoms with Gasteiger partial charge in [0.15, 0.2) is 0 Å². The van der Waals surface area contributed by atoms with Crippen molar-refractivity contribution in [1.82, 2.24) is 0 Å². The highest BCUT2D eigenvalue weighted by molar-refractivity contribution is 7.42. The van der Waals surface area contributed by atoms with Gasteiger partial charge in [0.05, 0.1) is 19.8 Å². The van der Waals surface area contributed by atoms with Crippen molar-refractivity contribution in [3.05, 3.63) is 29.3 Å². The van der Waals surface area contributed by atoms with Gasteiger partial charge in [0.2, 0.25) is 0 Å². The summed E-state index contributed by atoms with van der Waals surface area (Å²) in [7, 11) is -1.41. The van der Waals surface area contributed by atoms with Gasteiger partial charge in [0, 0.05) is 17.4 Å². The van der Waals surface area contributed by atoms with Crippen molar-refractivity contribution in [3.63, 3.8) is 0 Å². The third kappa shape index (κ3) is 10.7. The summed E-state index contributed by atoms with van der Waals surface area (Å²) in [5.74, 6) is 0.691. The third-order valence-electron chi connectivity index (χ3n) is 7.17. The lowest BCUT2D eigenvalue weighted by atomic mass is 9.82. The lowest BCUT2D eigenvalue weighted by Gasteiger charge is -2.38. The predicted octanol–water partition coefficient (Wildman–Crippen LogP) is 9.06. The van der Waals surface area contributed by atoms with Gasteiger partial charge in [-0.3, -0.25) is 4.79 Å². The second-order valence-corrected chi connectivity index (χ2v) is 12.5. The summed E-state index contributed by atoms with van der Waals surface area (Å²) < 4.78 is 23.9. The minimum absolute atomic E-state index is 0.108. The molecule has 0 radical (unpaired) electrons. The number of esters is 1. The van der Waals surface area contributed by atoms with E-state index < -0.39 is 8.60 Å². The predicted molar refractivity (Wildman–Crippen MR) is 149 cm³/mol. The van der Waals surface area contributed by atoms with Crippen LogP contribution in [0.15, 0.2) is 18.2 Å². The topological polar surface area (TPSA) is 54.0 Å². The molecule has 0 saturated carbocycles. The Balaban J connectivity index is 1.87. The second-order valence-electron chi connectivity index (χ2n) is 11.4. The van der Waals surface area contributed by atoms with E-state index in [2.05, 4.69) is 47.6 Å². The van der Waals surface area contributed by atoms with Crippen LogP contribution in [-0.2, 0) is 30.4 Å². The molecule has 1 saturated heterocycles.